The summed E-state index contributed by atoms with van der Waals surface area (Å²) in [5, 5.41) is 19.3. The standard InChI is InChI=1S/C28H42O5/c1-6-25-18(3)8-11-26(33-25)19(4)15-17(2)7-9-22-20(5)23(22)10-12-27-28(31)24(30)16-21(32-27)13-14-29/h7-10,12,15,17,20-23,25-29,31H,6,11,13-14,16H2,1-5H3/b9-7+,12-10+,19-15+/t17-,20-,21-,22+,23+,25-,26-,27+,28-/m1/s1. The molecule has 2 N–H and O–H groups in total. The van der Waals surface area contributed by atoms with E-state index in [1.54, 1.807) is 0 Å². The van der Waals surface area contributed by atoms with E-state index in [2.05, 4.69) is 65.0 Å². The summed E-state index contributed by atoms with van der Waals surface area (Å²) in [5.41, 5.74) is 2.64. The number of carbonyl (C=O) groups excluding carboxylic acids is 1. The van der Waals surface area contributed by atoms with Gasteiger partial charge in [-0.3, -0.25) is 4.79 Å². The monoisotopic (exact) mass is 458 g/mol. The van der Waals surface area contributed by atoms with E-state index in [0.717, 1.165) is 12.8 Å². The first kappa shape index (κ1) is 26.1. The van der Waals surface area contributed by atoms with Gasteiger partial charge in [-0.15, -0.1) is 0 Å². The molecule has 2 fully saturated rings. The first-order valence-electron chi connectivity index (χ1n) is 12.6. The fraction of sp³-hybridized carbons (Fsp3) is 0.679. The maximum Gasteiger partial charge on any atom is 0.166 e. The van der Waals surface area contributed by atoms with Crippen molar-refractivity contribution < 1.29 is 24.5 Å². The van der Waals surface area contributed by atoms with Gasteiger partial charge in [-0.1, -0.05) is 57.2 Å². The predicted molar refractivity (Wildman–Crippen MR) is 131 cm³/mol. The van der Waals surface area contributed by atoms with Crippen LogP contribution in [0.2, 0.25) is 0 Å². The molecule has 0 unspecified atom stereocenters. The molecule has 0 radical (unpaired) electrons. The van der Waals surface area contributed by atoms with Gasteiger partial charge in [0.1, 0.15) is 12.2 Å². The summed E-state index contributed by atoms with van der Waals surface area (Å²) in [6.45, 7) is 10.9. The van der Waals surface area contributed by atoms with Crippen LogP contribution in [0.1, 0.15) is 60.3 Å². The first-order chi connectivity index (χ1) is 15.7. The predicted octanol–water partition coefficient (Wildman–Crippen LogP) is 4.55. The molecule has 5 nitrogen and oxygen atoms in total. The molecular weight excluding hydrogens is 416 g/mol. The van der Waals surface area contributed by atoms with Crippen molar-refractivity contribution in [2.24, 2.45) is 23.7 Å². The number of ketones is 1. The molecule has 1 saturated heterocycles. The van der Waals surface area contributed by atoms with E-state index >= 15 is 0 Å². The van der Waals surface area contributed by atoms with Crippen molar-refractivity contribution in [1.82, 2.24) is 0 Å². The first-order valence-corrected chi connectivity index (χ1v) is 12.6. The van der Waals surface area contributed by atoms with Gasteiger partial charge < -0.3 is 19.7 Å². The number of hydrogen-bond donors (Lipinski definition) is 2. The lowest BCUT2D eigenvalue weighted by Gasteiger charge is -2.31. The Morgan fingerprint density at radius 3 is 2.67 bits per heavy atom. The normalized spacial score (nSPS) is 38.7. The van der Waals surface area contributed by atoms with E-state index in [1.165, 1.54) is 11.1 Å². The van der Waals surface area contributed by atoms with Crippen molar-refractivity contribution in [1.29, 1.82) is 0 Å². The average Bonchev–Trinajstić information content (AvgIpc) is 3.41. The molecule has 0 aromatic heterocycles. The third kappa shape index (κ3) is 6.75. The molecule has 0 aromatic rings. The molecule has 9 atom stereocenters. The highest BCUT2D eigenvalue weighted by Crippen LogP contribution is 2.48. The van der Waals surface area contributed by atoms with Crippen molar-refractivity contribution in [2.45, 2.75) is 90.8 Å². The molecular formula is C28H42O5. The third-order valence-electron chi connectivity index (χ3n) is 7.44. The molecule has 0 amide bonds. The molecule has 3 aliphatic rings. The zero-order valence-corrected chi connectivity index (χ0v) is 20.8. The van der Waals surface area contributed by atoms with Crippen LogP contribution in [-0.2, 0) is 14.3 Å². The number of aliphatic hydroxyl groups excluding tert-OH is 2. The summed E-state index contributed by atoms with van der Waals surface area (Å²) < 4.78 is 12.1. The number of Topliss-reactive ketones (excluding diaryl/α,β-unsaturated/α-hetero) is 1. The highest BCUT2D eigenvalue weighted by atomic mass is 16.5. The second kappa shape index (κ2) is 11.7. The van der Waals surface area contributed by atoms with Crippen LogP contribution in [0.15, 0.2) is 47.6 Å². The van der Waals surface area contributed by atoms with Gasteiger partial charge in [-0.2, -0.15) is 0 Å². The fourth-order valence-electron chi connectivity index (χ4n) is 5.09. The molecule has 184 valence electrons. The van der Waals surface area contributed by atoms with E-state index < -0.39 is 12.2 Å². The van der Waals surface area contributed by atoms with E-state index in [1.807, 2.05) is 6.08 Å². The van der Waals surface area contributed by atoms with Gasteiger partial charge in [0.2, 0.25) is 0 Å². The van der Waals surface area contributed by atoms with Crippen molar-refractivity contribution >= 4 is 5.78 Å². The van der Waals surface area contributed by atoms with E-state index in [-0.39, 0.29) is 37.1 Å². The van der Waals surface area contributed by atoms with Crippen LogP contribution in [0.4, 0.5) is 0 Å². The van der Waals surface area contributed by atoms with Crippen molar-refractivity contribution in [3.05, 3.63) is 47.6 Å². The Morgan fingerprint density at radius 2 is 1.97 bits per heavy atom. The van der Waals surface area contributed by atoms with E-state index in [9.17, 15) is 9.90 Å². The zero-order chi connectivity index (χ0) is 24.1. The molecule has 0 aromatic carbocycles. The average molecular weight is 459 g/mol. The smallest absolute Gasteiger partial charge is 0.166 e. The summed E-state index contributed by atoms with van der Waals surface area (Å²) >= 11 is 0. The van der Waals surface area contributed by atoms with Gasteiger partial charge >= 0.3 is 0 Å². The highest BCUT2D eigenvalue weighted by Gasteiger charge is 2.43. The number of aliphatic hydroxyl groups is 2. The Hall–Kier alpha value is -1.53. The fourth-order valence-corrected chi connectivity index (χ4v) is 5.09. The van der Waals surface area contributed by atoms with Crippen LogP contribution < -0.4 is 0 Å². The number of ether oxygens (including phenoxy) is 2. The van der Waals surface area contributed by atoms with Crippen LogP contribution >= 0.6 is 0 Å². The molecule has 1 saturated carbocycles. The summed E-state index contributed by atoms with van der Waals surface area (Å²) in [6.07, 6.45) is 14.0. The van der Waals surface area contributed by atoms with Gasteiger partial charge in [0.25, 0.3) is 0 Å². The number of carbonyl (C=O) groups is 1. The van der Waals surface area contributed by atoms with Crippen LogP contribution in [0.3, 0.4) is 0 Å². The second-order valence-electron chi connectivity index (χ2n) is 10.1. The molecule has 33 heavy (non-hydrogen) atoms. The Kier molecular flexibility index (Phi) is 9.28. The lowest BCUT2D eigenvalue weighted by molar-refractivity contribution is -0.152. The molecule has 3 rings (SSSR count). The minimum atomic E-state index is -1.11. The Bertz CT molecular complexity index is 794. The SMILES string of the molecule is CC[C@H]1O[C@@H](/C(C)=C/[C@H](C)/C=C/[C@H]2[C@@H](C)[C@@H]2/C=C/[C@@H]2O[C@H](CCO)CC(=O)[C@H]2O)CC=C1C. The summed E-state index contributed by atoms with van der Waals surface area (Å²) in [6, 6.07) is 0. The van der Waals surface area contributed by atoms with Gasteiger partial charge in [0, 0.05) is 13.0 Å². The second-order valence-corrected chi connectivity index (χ2v) is 10.1. The van der Waals surface area contributed by atoms with Gasteiger partial charge in [-0.05, 0) is 67.9 Å². The molecule has 5 heteroatoms. The van der Waals surface area contributed by atoms with Crippen LogP contribution in [0.25, 0.3) is 0 Å². The van der Waals surface area contributed by atoms with Crippen LogP contribution in [-0.4, -0.2) is 53.1 Å². The Balaban J connectivity index is 1.52. The number of rotatable bonds is 9. The van der Waals surface area contributed by atoms with E-state index in [0.29, 0.717) is 30.1 Å². The lowest BCUT2D eigenvalue weighted by atomic mass is 9.96. The number of allylic oxidation sites excluding steroid dienone is 4. The summed E-state index contributed by atoms with van der Waals surface area (Å²) in [4.78, 5) is 12.0. The molecule has 0 bridgehead atoms. The third-order valence-corrected chi connectivity index (χ3v) is 7.44. The Morgan fingerprint density at radius 1 is 1.24 bits per heavy atom. The quantitative estimate of drug-likeness (QED) is 0.496. The minimum Gasteiger partial charge on any atom is -0.396 e. The molecule has 1 aliphatic carbocycles. The molecule has 0 spiro atoms. The zero-order valence-electron chi connectivity index (χ0n) is 20.8. The van der Waals surface area contributed by atoms with Gasteiger partial charge in [-0.25, -0.2) is 0 Å². The topological polar surface area (TPSA) is 76.0 Å². The van der Waals surface area contributed by atoms with E-state index in [4.69, 9.17) is 14.6 Å². The summed E-state index contributed by atoms with van der Waals surface area (Å²) in [5.74, 6) is 1.51. The largest absolute Gasteiger partial charge is 0.396 e. The lowest BCUT2D eigenvalue weighted by Crippen LogP contribution is -2.44. The van der Waals surface area contributed by atoms with Crippen molar-refractivity contribution in [2.75, 3.05) is 6.61 Å². The van der Waals surface area contributed by atoms with Crippen LogP contribution in [0.5, 0.6) is 0 Å². The minimum absolute atomic E-state index is 0.0223. The van der Waals surface area contributed by atoms with Crippen LogP contribution in [0, 0.1) is 23.7 Å². The number of hydrogen-bond acceptors (Lipinski definition) is 5. The summed E-state index contributed by atoms with van der Waals surface area (Å²) in [7, 11) is 0. The maximum absolute atomic E-state index is 12.0. The Labute approximate surface area is 199 Å². The van der Waals surface area contributed by atoms with Crippen molar-refractivity contribution in [3.63, 3.8) is 0 Å². The van der Waals surface area contributed by atoms with Gasteiger partial charge in [0.15, 0.2) is 5.78 Å². The van der Waals surface area contributed by atoms with Gasteiger partial charge in [0.05, 0.1) is 18.3 Å². The van der Waals surface area contributed by atoms with Crippen molar-refractivity contribution in [3.8, 4) is 0 Å². The molecule has 2 heterocycles. The molecule has 2 aliphatic heterocycles. The highest BCUT2D eigenvalue weighted by molar-refractivity contribution is 5.84. The maximum atomic E-state index is 12.0.